The van der Waals surface area contributed by atoms with E-state index in [1.165, 1.54) is 19.4 Å². The molecule has 0 radical (unpaired) electrons. The summed E-state index contributed by atoms with van der Waals surface area (Å²) >= 11 is 0. The van der Waals surface area contributed by atoms with Crippen LogP contribution in [0.3, 0.4) is 0 Å². The van der Waals surface area contributed by atoms with E-state index in [0.29, 0.717) is 12.3 Å². The van der Waals surface area contributed by atoms with Crippen molar-refractivity contribution < 1.29 is 33.3 Å². The second kappa shape index (κ2) is 13.7. The molecule has 0 fully saturated rings. The van der Waals surface area contributed by atoms with Gasteiger partial charge in [0.1, 0.15) is 18.6 Å². The number of hydrogen-bond acceptors (Lipinski definition) is 7. The predicted octanol–water partition coefficient (Wildman–Crippen LogP) is 4.88. The summed E-state index contributed by atoms with van der Waals surface area (Å²) in [6.45, 7) is 8.60. The second-order valence-corrected chi connectivity index (χ2v) is 8.09. The molecule has 1 rings (SSSR count). The molecule has 0 aliphatic rings. The number of rotatable bonds is 13. The average molecular weight is 437 g/mol. The molecule has 1 aromatic carbocycles. The number of hydrogen-bond donors (Lipinski definition) is 0. The molecule has 0 N–H and O–H groups in total. The van der Waals surface area contributed by atoms with Crippen LogP contribution in [-0.2, 0) is 28.5 Å². The van der Waals surface area contributed by atoms with E-state index < -0.39 is 23.5 Å². The molecule has 0 saturated carbocycles. The summed E-state index contributed by atoms with van der Waals surface area (Å²) in [6.07, 6.45) is 1.89. The highest BCUT2D eigenvalue weighted by molar-refractivity contribution is 5.77. The Balaban J connectivity index is 2.60. The van der Waals surface area contributed by atoms with Gasteiger partial charge in [-0.3, -0.25) is 9.59 Å². The summed E-state index contributed by atoms with van der Waals surface area (Å²) in [5.41, 5.74) is -0.0832. The first kappa shape index (κ1) is 26.5. The van der Waals surface area contributed by atoms with Crippen molar-refractivity contribution in [2.24, 2.45) is 11.3 Å². The molecular formula is C24H36O7. The van der Waals surface area contributed by atoms with Crippen molar-refractivity contribution in [3.8, 4) is 0 Å². The molecule has 1 aromatic rings. The molecule has 3 atom stereocenters. The summed E-state index contributed by atoms with van der Waals surface area (Å²) in [4.78, 5) is 35.5. The molecule has 0 bridgehead atoms. The lowest BCUT2D eigenvalue weighted by Gasteiger charge is -2.26. The summed E-state index contributed by atoms with van der Waals surface area (Å²) in [5, 5.41) is 0. The van der Waals surface area contributed by atoms with E-state index in [1.807, 2.05) is 18.2 Å². The van der Waals surface area contributed by atoms with Crippen molar-refractivity contribution in [2.45, 2.75) is 59.8 Å². The van der Waals surface area contributed by atoms with Gasteiger partial charge in [-0.1, -0.05) is 50.6 Å². The van der Waals surface area contributed by atoms with Gasteiger partial charge < -0.3 is 18.9 Å². The van der Waals surface area contributed by atoms with E-state index in [2.05, 4.69) is 26.0 Å². The molecule has 7 nitrogen and oxygen atoms in total. The normalized spacial score (nSPS) is 14.6. The van der Waals surface area contributed by atoms with Crippen LogP contribution >= 0.6 is 0 Å². The first-order valence-electron chi connectivity index (χ1n) is 10.9. The van der Waals surface area contributed by atoms with Crippen LogP contribution in [0, 0.1) is 11.3 Å². The summed E-state index contributed by atoms with van der Waals surface area (Å²) in [6, 6.07) is 10.2. The molecule has 0 spiro atoms. The number of esters is 2. The Morgan fingerprint density at radius 2 is 1.61 bits per heavy atom. The number of ether oxygens (including phenoxy) is 4. The Kier molecular flexibility index (Phi) is 11.7. The van der Waals surface area contributed by atoms with E-state index in [0.717, 1.165) is 12.8 Å². The standard InChI is InChI=1S/C24H36O7/c1-6-18(3)15-21(20-11-9-8-10-12-20)13-14-29-23(27)31-17-24(5,16-30-19(4)25)22(26)28-7-2/h8-12,18,21H,6-7,13-17H2,1-5H3. The molecule has 3 unspecified atom stereocenters. The van der Waals surface area contributed by atoms with Crippen LogP contribution < -0.4 is 0 Å². The zero-order valence-electron chi connectivity index (χ0n) is 19.3. The van der Waals surface area contributed by atoms with Crippen LogP contribution in [0.1, 0.15) is 65.4 Å². The molecule has 0 saturated heterocycles. The third kappa shape index (κ3) is 9.85. The molecule has 0 aromatic heterocycles. The van der Waals surface area contributed by atoms with Crippen LogP contribution in [0.5, 0.6) is 0 Å². The van der Waals surface area contributed by atoms with Gasteiger partial charge in [0.25, 0.3) is 0 Å². The zero-order valence-corrected chi connectivity index (χ0v) is 19.3. The van der Waals surface area contributed by atoms with E-state index in [9.17, 15) is 14.4 Å². The molecule has 0 aliphatic heterocycles. The number of benzene rings is 1. The monoisotopic (exact) mass is 436 g/mol. The maximum absolute atomic E-state index is 12.2. The lowest BCUT2D eigenvalue weighted by molar-refractivity contribution is -0.165. The Morgan fingerprint density at radius 1 is 0.968 bits per heavy atom. The van der Waals surface area contributed by atoms with Gasteiger partial charge in [-0.15, -0.1) is 0 Å². The first-order valence-corrected chi connectivity index (χ1v) is 10.9. The summed E-state index contributed by atoms with van der Waals surface area (Å²) in [7, 11) is 0. The molecule has 0 aliphatic carbocycles. The van der Waals surface area contributed by atoms with Gasteiger partial charge in [0.2, 0.25) is 0 Å². The summed E-state index contributed by atoms with van der Waals surface area (Å²) in [5.74, 6) is -0.311. The van der Waals surface area contributed by atoms with Crippen molar-refractivity contribution >= 4 is 18.1 Å². The maximum atomic E-state index is 12.2. The van der Waals surface area contributed by atoms with Crippen molar-refractivity contribution in [3.63, 3.8) is 0 Å². The van der Waals surface area contributed by atoms with Gasteiger partial charge in [-0.05, 0) is 44.1 Å². The lowest BCUT2D eigenvalue weighted by Crippen LogP contribution is -2.40. The first-order chi connectivity index (χ1) is 14.7. The topological polar surface area (TPSA) is 88.1 Å². The Hall–Kier alpha value is -2.57. The zero-order chi connectivity index (χ0) is 23.3. The van der Waals surface area contributed by atoms with Gasteiger partial charge in [0.15, 0.2) is 0 Å². The SMILES string of the molecule is CCOC(=O)C(C)(COC(C)=O)COC(=O)OCCC(CC(C)CC)c1ccccc1. The third-order valence-corrected chi connectivity index (χ3v) is 5.21. The van der Waals surface area contributed by atoms with Gasteiger partial charge in [0.05, 0.1) is 13.2 Å². The third-order valence-electron chi connectivity index (χ3n) is 5.21. The molecular weight excluding hydrogens is 400 g/mol. The van der Waals surface area contributed by atoms with E-state index >= 15 is 0 Å². The van der Waals surface area contributed by atoms with Crippen LogP contribution in [-0.4, -0.2) is 44.5 Å². The van der Waals surface area contributed by atoms with Crippen molar-refractivity contribution in [3.05, 3.63) is 35.9 Å². The van der Waals surface area contributed by atoms with E-state index in [-0.39, 0.29) is 32.3 Å². The van der Waals surface area contributed by atoms with Gasteiger partial charge in [-0.2, -0.15) is 0 Å². The highest BCUT2D eigenvalue weighted by Crippen LogP contribution is 2.28. The van der Waals surface area contributed by atoms with Crippen LogP contribution in [0.4, 0.5) is 4.79 Å². The van der Waals surface area contributed by atoms with Gasteiger partial charge in [0, 0.05) is 6.92 Å². The lowest BCUT2D eigenvalue weighted by atomic mass is 9.86. The quantitative estimate of drug-likeness (QED) is 0.321. The Bertz CT molecular complexity index is 688. The Morgan fingerprint density at radius 3 is 2.19 bits per heavy atom. The molecule has 0 heterocycles. The highest BCUT2D eigenvalue weighted by atomic mass is 16.7. The minimum Gasteiger partial charge on any atom is -0.465 e. The molecule has 0 amide bonds. The van der Waals surface area contributed by atoms with E-state index in [1.54, 1.807) is 6.92 Å². The van der Waals surface area contributed by atoms with Crippen LogP contribution in [0.2, 0.25) is 0 Å². The van der Waals surface area contributed by atoms with Crippen LogP contribution in [0.15, 0.2) is 30.3 Å². The van der Waals surface area contributed by atoms with Gasteiger partial charge in [-0.25, -0.2) is 4.79 Å². The summed E-state index contributed by atoms with van der Waals surface area (Å²) < 4.78 is 20.4. The number of carbonyl (C=O) groups is 3. The Labute approximate surface area is 185 Å². The smallest absolute Gasteiger partial charge is 0.465 e. The molecule has 7 heteroatoms. The molecule has 174 valence electrons. The minimum absolute atomic E-state index is 0.163. The van der Waals surface area contributed by atoms with Crippen molar-refractivity contribution in [1.29, 1.82) is 0 Å². The fourth-order valence-electron chi connectivity index (χ4n) is 3.07. The van der Waals surface area contributed by atoms with Gasteiger partial charge >= 0.3 is 18.1 Å². The molecule has 31 heavy (non-hydrogen) atoms. The minimum atomic E-state index is -1.30. The predicted molar refractivity (Wildman–Crippen MR) is 117 cm³/mol. The van der Waals surface area contributed by atoms with E-state index in [4.69, 9.17) is 18.9 Å². The van der Waals surface area contributed by atoms with Crippen LogP contribution in [0.25, 0.3) is 0 Å². The maximum Gasteiger partial charge on any atom is 0.508 e. The second-order valence-electron chi connectivity index (χ2n) is 8.09. The largest absolute Gasteiger partial charge is 0.508 e. The fourth-order valence-corrected chi connectivity index (χ4v) is 3.07. The number of carbonyl (C=O) groups excluding carboxylic acids is 3. The average Bonchev–Trinajstić information content (AvgIpc) is 2.76. The van der Waals surface area contributed by atoms with Crippen molar-refractivity contribution in [1.82, 2.24) is 0 Å². The fraction of sp³-hybridized carbons (Fsp3) is 0.625. The highest BCUT2D eigenvalue weighted by Gasteiger charge is 2.38. The van der Waals surface area contributed by atoms with Crippen molar-refractivity contribution in [2.75, 3.05) is 26.4 Å².